The summed E-state index contributed by atoms with van der Waals surface area (Å²) < 4.78 is 0. The Labute approximate surface area is 116 Å². The maximum absolute atomic E-state index is 9.12. The molecule has 1 aromatic heterocycles. The number of pyridine rings is 1. The molecule has 5 nitrogen and oxygen atoms in total. The normalized spacial score (nSPS) is 16.6. The molecule has 0 radical (unpaired) electrons. The quantitative estimate of drug-likeness (QED) is 0.635. The molecule has 0 unspecified atom stereocenters. The molecule has 0 fully saturated rings. The molecule has 1 aliphatic heterocycles. The van der Waals surface area contributed by atoms with Crippen molar-refractivity contribution in [2.75, 3.05) is 18.5 Å². The van der Waals surface area contributed by atoms with Crippen molar-refractivity contribution in [1.29, 1.82) is 0 Å². The Hall–Kier alpha value is -2.69. The minimum absolute atomic E-state index is 0.377. The predicted molar refractivity (Wildman–Crippen MR) is 78.8 cm³/mol. The third kappa shape index (κ3) is 2.14. The summed E-state index contributed by atoms with van der Waals surface area (Å²) in [6, 6.07) is 11.8. The minimum atomic E-state index is 0.377. The van der Waals surface area contributed by atoms with E-state index in [1.807, 2.05) is 48.3 Å². The van der Waals surface area contributed by atoms with E-state index >= 15 is 0 Å². The van der Waals surface area contributed by atoms with Gasteiger partial charge in [0.25, 0.3) is 0 Å². The number of hydrogen-bond donors (Lipinski definition) is 1. The monoisotopic (exact) mass is 266 g/mol. The molecule has 0 aliphatic carbocycles. The van der Waals surface area contributed by atoms with Gasteiger partial charge in [0.1, 0.15) is 0 Å². The fourth-order valence-corrected chi connectivity index (χ4v) is 2.29. The number of fused-ring (bicyclic) bond motifs is 1. The van der Waals surface area contributed by atoms with Crippen LogP contribution in [0.15, 0.2) is 58.9 Å². The van der Waals surface area contributed by atoms with Crippen molar-refractivity contribution >= 4 is 17.2 Å². The number of aromatic nitrogens is 1. The molecule has 2 aromatic rings. The number of anilines is 1. The van der Waals surface area contributed by atoms with Gasteiger partial charge in [-0.2, -0.15) is 0 Å². The molecule has 0 saturated heterocycles. The van der Waals surface area contributed by atoms with Crippen LogP contribution in [0.4, 0.5) is 5.69 Å². The summed E-state index contributed by atoms with van der Waals surface area (Å²) in [5.74, 6) is 0.377. The Bertz CT molecular complexity index is 679. The summed E-state index contributed by atoms with van der Waals surface area (Å²) in [4.78, 5) is 10.7. The smallest absolute Gasteiger partial charge is 0.187 e. The molecule has 3 rings (SSSR count). The summed E-state index contributed by atoms with van der Waals surface area (Å²) in [6.45, 7) is 0.448. The second-order valence-corrected chi connectivity index (χ2v) is 4.59. The number of likely N-dealkylation sites (N-methyl/N-ethyl adjacent to an activating group) is 1. The van der Waals surface area contributed by atoms with Crippen molar-refractivity contribution in [2.24, 2.45) is 10.1 Å². The van der Waals surface area contributed by atoms with Gasteiger partial charge >= 0.3 is 0 Å². The molecular formula is C15H14N4O. The number of amidine groups is 1. The van der Waals surface area contributed by atoms with Crippen LogP contribution in [0.3, 0.4) is 0 Å². The van der Waals surface area contributed by atoms with Gasteiger partial charge in [-0.3, -0.25) is 4.98 Å². The summed E-state index contributed by atoms with van der Waals surface area (Å²) in [5.41, 5.74) is 3.69. The van der Waals surface area contributed by atoms with Gasteiger partial charge in [-0.05, 0) is 6.07 Å². The largest absolute Gasteiger partial charge is 0.409 e. The zero-order chi connectivity index (χ0) is 13.9. The van der Waals surface area contributed by atoms with E-state index in [9.17, 15) is 0 Å². The molecule has 0 saturated carbocycles. The lowest BCUT2D eigenvalue weighted by atomic mass is 10.0. The van der Waals surface area contributed by atoms with Gasteiger partial charge in [0.05, 0.1) is 12.3 Å². The highest BCUT2D eigenvalue weighted by Gasteiger charge is 2.20. The van der Waals surface area contributed by atoms with Gasteiger partial charge in [0, 0.05) is 36.3 Å². The minimum Gasteiger partial charge on any atom is -0.409 e. The van der Waals surface area contributed by atoms with E-state index in [0.717, 1.165) is 22.5 Å². The first kappa shape index (κ1) is 12.3. The van der Waals surface area contributed by atoms with E-state index in [2.05, 4.69) is 15.1 Å². The van der Waals surface area contributed by atoms with Crippen molar-refractivity contribution in [3.63, 3.8) is 0 Å². The predicted octanol–water partition coefficient (Wildman–Crippen LogP) is 2.16. The number of benzene rings is 1. The molecule has 1 aromatic carbocycles. The van der Waals surface area contributed by atoms with Gasteiger partial charge in [0.15, 0.2) is 5.84 Å². The van der Waals surface area contributed by atoms with Crippen molar-refractivity contribution in [2.45, 2.75) is 0 Å². The van der Waals surface area contributed by atoms with Crippen LogP contribution in [-0.4, -0.2) is 35.3 Å². The molecule has 0 atom stereocenters. The lowest BCUT2D eigenvalue weighted by Gasteiger charge is -2.18. The second kappa shape index (κ2) is 5.13. The van der Waals surface area contributed by atoms with Gasteiger partial charge < -0.3 is 10.1 Å². The topological polar surface area (TPSA) is 61.1 Å². The van der Waals surface area contributed by atoms with Crippen LogP contribution in [-0.2, 0) is 0 Å². The van der Waals surface area contributed by atoms with Crippen LogP contribution in [0.1, 0.15) is 11.1 Å². The van der Waals surface area contributed by atoms with E-state index in [4.69, 9.17) is 5.21 Å². The van der Waals surface area contributed by atoms with Crippen molar-refractivity contribution in [3.05, 3.63) is 59.9 Å². The SMILES string of the molecule is CN1CC(=NO)N=C(c2ccccc2)c2cnccc21. The summed E-state index contributed by atoms with van der Waals surface area (Å²) in [7, 11) is 1.94. The summed E-state index contributed by atoms with van der Waals surface area (Å²) in [6.07, 6.45) is 3.54. The van der Waals surface area contributed by atoms with Crippen molar-refractivity contribution in [3.8, 4) is 0 Å². The summed E-state index contributed by atoms with van der Waals surface area (Å²) >= 11 is 0. The van der Waals surface area contributed by atoms with Crippen LogP contribution < -0.4 is 4.90 Å². The fourth-order valence-electron chi connectivity index (χ4n) is 2.29. The highest BCUT2D eigenvalue weighted by atomic mass is 16.4. The molecule has 20 heavy (non-hydrogen) atoms. The molecule has 5 heteroatoms. The number of nitrogens with zero attached hydrogens (tertiary/aromatic N) is 4. The maximum atomic E-state index is 9.12. The van der Waals surface area contributed by atoms with Crippen LogP contribution in [0.5, 0.6) is 0 Å². The van der Waals surface area contributed by atoms with E-state index in [1.165, 1.54) is 0 Å². The molecule has 2 heterocycles. The number of aliphatic imine (C=N–C) groups is 1. The van der Waals surface area contributed by atoms with Crippen LogP contribution >= 0.6 is 0 Å². The van der Waals surface area contributed by atoms with Gasteiger partial charge in [-0.25, -0.2) is 4.99 Å². The lowest BCUT2D eigenvalue weighted by molar-refractivity contribution is 0.317. The summed E-state index contributed by atoms with van der Waals surface area (Å²) in [5, 5.41) is 12.4. The van der Waals surface area contributed by atoms with Crippen LogP contribution in [0.2, 0.25) is 0 Å². The Balaban J connectivity index is 2.23. The molecule has 100 valence electrons. The highest BCUT2D eigenvalue weighted by Crippen LogP contribution is 2.24. The maximum Gasteiger partial charge on any atom is 0.187 e. The van der Waals surface area contributed by atoms with E-state index < -0.39 is 0 Å². The van der Waals surface area contributed by atoms with Gasteiger partial charge in [0.2, 0.25) is 0 Å². The standard InChI is InChI=1S/C15H14N4O/c1-19-10-14(18-20)17-15(11-5-3-2-4-6-11)12-9-16-8-7-13(12)19/h2-9,20H,10H2,1H3. The molecule has 0 bridgehead atoms. The first-order valence-electron chi connectivity index (χ1n) is 6.30. The molecule has 1 N–H and O–H groups in total. The Morgan fingerprint density at radius 3 is 2.75 bits per heavy atom. The van der Waals surface area contributed by atoms with Crippen molar-refractivity contribution < 1.29 is 5.21 Å². The van der Waals surface area contributed by atoms with E-state index in [0.29, 0.717) is 12.4 Å². The van der Waals surface area contributed by atoms with E-state index in [1.54, 1.807) is 12.4 Å². The third-order valence-electron chi connectivity index (χ3n) is 3.25. The van der Waals surface area contributed by atoms with Crippen molar-refractivity contribution in [1.82, 2.24) is 4.98 Å². The zero-order valence-electron chi connectivity index (χ0n) is 11.1. The third-order valence-corrected chi connectivity index (χ3v) is 3.25. The average molecular weight is 266 g/mol. The molecule has 0 spiro atoms. The zero-order valence-corrected chi connectivity index (χ0v) is 11.1. The Morgan fingerprint density at radius 1 is 1.20 bits per heavy atom. The highest BCUT2D eigenvalue weighted by molar-refractivity contribution is 6.21. The first-order valence-corrected chi connectivity index (χ1v) is 6.30. The Kier molecular flexibility index (Phi) is 3.16. The van der Waals surface area contributed by atoms with E-state index in [-0.39, 0.29) is 0 Å². The van der Waals surface area contributed by atoms with Gasteiger partial charge in [-0.15, -0.1) is 0 Å². The first-order chi connectivity index (χ1) is 9.79. The molecule has 0 amide bonds. The average Bonchev–Trinajstić information content (AvgIpc) is 2.65. The molecular weight excluding hydrogens is 252 g/mol. The number of hydrogen-bond acceptors (Lipinski definition) is 4. The number of oxime groups is 1. The lowest BCUT2D eigenvalue weighted by Crippen LogP contribution is -2.23. The van der Waals surface area contributed by atoms with Crippen LogP contribution in [0.25, 0.3) is 0 Å². The van der Waals surface area contributed by atoms with Gasteiger partial charge in [-0.1, -0.05) is 35.5 Å². The molecule has 1 aliphatic rings. The number of rotatable bonds is 1. The Morgan fingerprint density at radius 2 is 2.00 bits per heavy atom. The fraction of sp³-hybridized carbons (Fsp3) is 0.133. The second-order valence-electron chi connectivity index (χ2n) is 4.59. The van der Waals surface area contributed by atoms with Crippen LogP contribution in [0, 0.1) is 0 Å².